The summed E-state index contributed by atoms with van der Waals surface area (Å²) in [6.07, 6.45) is 3.13. The van der Waals surface area contributed by atoms with E-state index >= 15 is 0 Å². The Morgan fingerprint density at radius 1 is 1.06 bits per heavy atom. The summed E-state index contributed by atoms with van der Waals surface area (Å²) in [5.41, 5.74) is 1.89. The maximum Gasteiger partial charge on any atom is 0.253 e. The van der Waals surface area contributed by atoms with Crippen LogP contribution in [0.3, 0.4) is 0 Å². The molecule has 0 aromatic heterocycles. The molecule has 4 heteroatoms. The van der Waals surface area contributed by atoms with Gasteiger partial charge >= 0.3 is 0 Å². The fraction of sp³-hybridized carbons (Fsp3) is 0.231. The Hall–Kier alpha value is -1.94. The van der Waals surface area contributed by atoms with Gasteiger partial charge in [-0.3, -0.25) is 14.5 Å². The van der Waals surface area contributed by atoms with E-state index in [0.29, 0.717) is 6.42 Å². The normalized spacial score (nSPS) is 14.8. The Morgan fingerprint density at radius 2 is 1.71 bits per heavy atom. The van der Waals surface area contributed by atoms with E-state index in [1.54, 1.807) is 0 Å². The zero-order valence-corrected chi connectivity index (χ0v) is 9.30. The molecule has 0 radical (unpaired) electrons. The lowest BCUT2D eigenvalue weighted by Gasteiger charge is -2.14. The number of hydrogen-bond donors (Lipinski definition) is 1. The Kier molecular flexibility index (Phi) is 3.35. The summed E-state index contributed by atoms with van der Waals surface area (Å²) in [6, 6.07) is 7.53. The molecule has 1 aromatic carbocycles. The first-order valence-corrected chi connectivity index (χ1v) is 5.43. The fourth-order valence-electron chi connectivity index (χ4n) is 1.78. The second kappa shape index (κ2) is 4.93. The van der Waals surface area contributed by atoms with E-state index in [1.165, 1.54) is 17.1 Å². The maximum atomic E-state index is 11.4. The number of imide groups is 1. The van der Waals surface area contributed by atoms with Crippen molar-refractivity contribution < 1.29 is 14.7 Å². The van der Waals surface area contributed by atoms with E-state index in [1.807, 2.05) is 24.3 Å². The summed E-state index contributed by atoms with van der Waals surface area (Å²) in [7, 11) is 0. The second-order valence-corrected chi connectivity index (χ2v) is 3.89. The summed E-state index contributed by atoms with van der Waals surface area (Å²) in [5.74, 6) is -0.551. The van der Waals surface area contributed by atoms with Gasteiger partial charge in [-0.15, -0.1) is 0 Å². The molecular weight excluding hydrogens is 218 g/mol. The molecule has 0 bridgehead atoms. The minimum Gasteiger partial charge on any atom is -0.396 e. The molecule has 17 heavy (non-hydrogen) atoms. The molecule has 4 nitrogen and oxygen atoms in total. The van der Waals surface area contributed by atoms with Gasteiger partial charge in [-0.05, 0) is 17.5 Å². The topological polar surface area (TPSA) is 57.6 Å². The lowest BCUT2D eigenvalue weighted by molar-refractivity contribution is -0.137. The van der Waals surface area contributed by atoms with Gasteiger partial charge in [0, 0.05) is 18.8 Å². The Morgan fingerprint density at radius 3 is 2.35 bits per heavy atom. The summed E-state index contributed by atoms with van der Waals surface area (Å²) in [4.78, 5) is 23.9. The van der Waals surface area contributed by atoms with Gasteiger partial charge in [0.2, 0.25) is 0 Å². The largest absolute Gasteiger partial charge is 0.396 e. The average molecular weight is 231 g/mol. The average Bonchev–Trinajstić information content (AvgIpc) is 2.62. The van der Waals surface area contributed by atoms with Crippen LogP contribution in [-0.4, -0.2) is 28.4 Å². The number of carbonyl (C=O) groups is 2. The number of aliphatic hydroxyl groups excluding tert-OH is 1. The van der Waals surface area contributed by atoms with E-state index in [-0.39, 0.29) is 25.0 Å². The van der Waals surface area contributed by atoms with Crippen LogP contribution in [0.2, 0.25) is 0 Å². The molecule has 88 valence electrons. The third-order valence-electron chi connectivity index (χ3n) is 2.63. The molecular formula is C13H13NO3. The third-order valence-corrected chi connectivity index (χ3v) is 2.63. The molecule has 1 aliphatic heterocycles. The van der Waals surface area contributed by atoms with Crippen LogP contribution < -0.4 is 0 Å². The smallest absolute Gasteiger partial charge is 0.253 e. The highest BCUT2D eigenvalue weighted by molar-refractivity contribution is 6.12. The number of rotatable bonds is 4. The lowest BCUT2D eigenvalue weighted by Crippen LogP contribution is -2.29. The maximum absolute atomic E-state index is 11.4. The molecule has 0 unspecified atom stereocenters. The molecule has 1 N–H and O–H groups in total. The quantitative estimate of drug-likeness (QED) is 0.774. The van der Waals surface area contributed by atoms with Crippen molar-refractivity contribution in [2.75, 3.05) is 6.61 Å². The van der Waals surface area contributed by atoms with Gasteiger partial charge in [-0.1, -0.05) is 24.3 Å². The van der Waals surface area contributed by atoms with Crippen molar-refractivity contribution in [2.24, 2.45) is 0 Å². The number of carbonyl (C=O) groups excluding carboxylic acids is 2. The van der Waals surface area contributed by atoms with Crippen LogP contribution in [0.5, 0.6) is 0 Å². The van der Waals surface area contributed by atoms with E-state index in [9.17, 15) is 9.59 Å². The predicted molar refractivity (Wildman–Crippen MR) is 61.9 cm³/mol. The van der Waals surface area contributed by atoms with Crippen molar-refractivity contribution >= 4 is 11.8 Å². The van der Waals surface area contributed by atoms with E-state index in [2.05, 4.69) is 0 Å². The molecule has 2 rings (SSSR count). The molecule has 0 saturated carbocycles. The first-order chi connectivity index (χ1) is 8.20. The van der Waals surface area contributed by atoms with Crippen molar-refractivity contribution in [3.8, 4) is 0 Å². The highest BCUT2D eigenvalue weighted by Gasteiger charge is 2.23. The van der Waals surface area contributed by atoms with E-state index in [4.69, 9.17) is 5.11 Å². The Bertz CT molecular complexity index is 461. The number of hydrogen-bond acceptors (Lipinski definition) is 3. The highest BCUT2D eigenvalue weighted by atomic mass is 16.3. The van der Waals surface area contributed by atoms with Gasteiger partial charge in [0.15, 0.2) is 0 Å². The van der Waals surface area contributed by atoms with Gasteiger partial charge in [0.1, 0.15) is 0 Å². The fourth-order valence-corrected chi connectivity index (χ4v) is 1.78. The molecule has 0 saturated heterocycles. The molecule has 0 atom stereocenters. The van der Waals surface area contributed by atoms with Crippen LogP contribution in [-0.2, 0) is 22.6 Å². The van der Waals surface area contributed by atoms with Crippen LogP contribution in [0.25, 0.3) is 0 Å². The van der Waals surface area contributed by atoms with Crippen LogP contribution in [0.4, 0.5) is 0 Å². The molecule has 0 aliphatic carbocycles. The first kappa shape index (κ1) is 11.5. The standard InChI is InChI=1S/C13H13NO3/c15-7-6-10-2-1-3-11(8-10)9-14-12(16)4-5-13(14)17/h1-5,8,15H,6-7,9H2. The number of benzene rings is 1. The van der Waals surface area contributed by atoms with E-state index < -0.39 is 0 Å². The lowest BCUT2D eigenvalue weighted by atomic mass is 10.1. The minimum absolute atomic E-state index is 0.0899. The monoisotopic (exact) mass is 231 g/mol. The summed E-state index contributed by atoms with van der Waals surface area (Å²) >= 11 is 0. The zero-order chi connectivity index (χ0) is 12.3. The van der Waals surface area contributed by atoms with Crippen molar-refractivity contribution in [1.82, 2.24) is 4.90 Å². The molecule has 0 fully saturated rings. The van der Waals surface area contributed by atoms with Crippen molar-refractivity contribution in [2.45, 2.75) is 13.0 Å². The zero-order valence-electron chi connectivity index (χ0n) is 9.30. The molecule has 2 amide bonds. The molecule has 1 aromatic rings. The van der Waals surface area contributed by atoms with Crippen LogP contribution in [0, 0.1) is 0 Å². The molecule has 1 heterocycles. The summed E-state index contributed by atoms with van der Waals surface area (Å²) < 4.78 is 0. The van der Waals surface area contributed by atoms with Gasteiger partial charge in [0.25, 0.3) is 11.8 Å². The van der Waals surface area contributed by atoms with Gasteiger partial charge in [-0.25, -0.2) is 0 Å². The Balaban J connectivity index is 2.11. The first-order valence-electron chi connectivity index (χ1n) is 5.43. The van der Waals surface area contributed by atoms with Crippen LogP contribution in [0.1, 0.15) is 11.1 Å². The number of aliphatic hydroxyl groups is 1. The predicted octanol–water partition coefficient (Wildman–Crippen LogP) is 0.646. The highest BCUT2D eigenvalue weighted by Crippen LogP contribution is 2.12. The molecule has 0 spiro atoms. The van der Waals surface area contributed by atoms with E-state index in [0.717, 1.165) is 11.1 Å². The van der Waals surface area contributed by atoms with Crippen molar-refractivity contribution in [1.29, 1.82) is 0 Å². The summed E-state index contributed by atoms with van der Waals surface area (Å²) in [6.45, 7) is 0.372. The van der Waals surface area contributed by atoms with Crippen LogP contribution >= 0.6 is 0 Å². The second-order valence-electron chi connectivity index (χ2n) is 3.89. The minimum atomic E-state index is -0.275. The third kappa shape index (κ3) is 2.60. The van der Waals surface area contributed by atoms with Crippen LogP contribution in [0.15, 0.2) is 36.4 Å². The van der Waals surface area contributed by atoms with Crippen molar-refractivity contribution in [3.05, 3.63) is 47.5 Å². The number of amides is 2. The van der Waals surface area contributed by atoms with Crippen molar-refractivity contribution in [3.63, 3.8) is 0 Å². The molecule has 1 aliphatic rings. The number of nitrogens with zero attached hydrogens (tertiary/aromatic N) is 1. The Labute approximate surface area is 99.2 Å². The van der Waals surface area contributed by atoms with Gasteiger partial charge < -0.3 is 5.11 Å². The SMILES string of the molecule is O=C1C=CC(=O)N1Cc1cccc(CCO)c1. The van der Waals surface area contributed by atoms with Gasteiger partial charge in [-0.2, -0.15) is 0 Å². The van der Waals surface area contributed by atoms with Gasteiger partial charge in [0.05, 0.1) is 6.54 Å². The summed E-state index contributed by atoms with van der Waals surface area (Å²) in [5, 5.41) is 8.85.